The second-order valence-electron chi connectivity index (χ2n) is 12.5. The van der Waals surface area contributed by atoms with E-state index in [1.165, 1.54) is 30.4 Å². The van der Waals surface area contributed by atoms with Gasteiger partial charge in [-0.1, -0.05) is 107 Å². The van der Waals surface area contributed by atoms with E-state index in [1.807, 2.05) is 0 Å². The van der Waals surface area contributed by atoms with Crippen LogP contribution in [0.4, 0.5) is 0 Å². The van der Waals surface area contributed by atoms with E-state index in [4.69, 9.17) is 0 Å². The van der Waals surface area contributed by atoms with E-state index in [-0.39, 0.29) is 2.85 Å². The number of fused-ring (bicyclic) bond motifs is 12. The lowest BCUT2D eigenvalue weighted by molar-refractivity contribution is 0.273. The van der Waals surface area contributed by atoms with Crippen molar-refractivity contribution in [2.24, 2.45) is 47.3 Å². The van der Waals surface area contributed by atoms with Crippen molar-refractivity contribution in [3.63, 3.8) is 0 Å². The summed E-state index contributed by atoms with van der Waals surface area (Å²) in [6, 6.07) is 8.49. The Balaban J connectivity index is 0.000000199. The molecule has 0 heterocycles. The molecular formula is C41H56. The Bertz CT molecular complexity index is 1220. The third-order valence-corrected chi connectivity index (χ3v) is 10.9. The molecule has 0 spiro atoms. The number of hydrogen-bond donors (Lipinski definition) is 0. The van der Waals surface area contributed by atoms with Crippen molar-refractivity contribution in [1.82, 2.24) is 0 Å². The van der Waals surface area contributed by atoms with Gasteiger partial charge in [-0.25, -0.2) is 0 Å². The minimum Gasteiger partial charge on any atom is -0.106 e. The summed E-state index contributed by atoms with van der Waals surface area (Å²) in [7, 11) is 0. The van der Waals surface area contributed by atoms with Gasteiger partial charge in [0.05, 0.1) is 0 Å². The van der Waals surface area contributed by atoms with Crippen LogP contribution in [0.2, 0.25) is 0 Å². The molecule has 2 fully saturated rings. The highest BCUT2D eigenvalue weighted by Gasteiger charge is 2.59. The van der Waals surface area contributed by atoms with Crippen LogP contribution in [-0.2, 0) is 6.42 Å². The summed E-state index contributed by atoms with van der Waals surface area (Å²) in [5.41, 5.74) is 9.62. The zero-order valence-electron chi connectivity index (χ0n) is 26.1. The van der Waals surface area contributed by atoms with Gasteiger partial charge in [0, 0.05) is 2.85 Å². The monoisotopic (exact) mass is 550 g/mol. The van der Waals surface area contributed by atoms with Gasteiger partial charge < -0.3 is 0 Å². The molecule has 0 amide bonds. The van der Waals surface area contributed by atoms with Crippen LogP contribution in [-0.4, -0.2) is 0 Å². The highest BCUT2D eigenvalue weighted by molar-refractivity contribution is 5.59. The molecule has 9 rings (SSSR count). The summed E-state index contributed by atoms with van der Waals surface area (Å²) < 4.78 is 0. The second-order valence-corrected chi connectivity index (χ2v) is 12.5. The van der Waals surface area contributed by atoms with Gasteiger partial charge in [-0.2, -0.15) is 0 Å². The van der Waals surface area contributed by atoms with Crippen LogP contribution in [0, 0.1) is 47.3 Å². The second kappa shape index (κ2) is 14.2. The Morgan fingerprint density at radius 3 is 1.59 bits per heavy atom. The van der Waals surface area contributed by atoms with E-state index < -0.39 is 0 Å². The Labute approximate surface area is 254 Å². The number of hydrogen-bond acceptors (Lipinski definition) is 0. The van der Waals surface area contributed by atoms with Crippen LogP contribution in [0.15, 0.2) is 128 Å². The average molecular weight is 551 g/mol. The Morgan fingerprint density at radius 2 is 1.15 bits per heavy atom. The van der Waals surface area contributed by atoms with Crippen LogP contribution in [0.3, 0.4) is 0 Å². The lowest BCUT2D eigenvalue weighted by Gasteiger charge is -2.33. The lowest BCUT2D eigenvalue weighted by atomic mass is 9.71. The van der Waals surface area contributed by atoms with Gasteiger partial charge in [-0.05, 0) is 118 Å². The van der Waals surface area contributed by atoms with Crippen LogP contribution >= 0.6 is 0 Å². The Kier molecular flexibility index (Phi) is 10.7. The summed E-state index contributed by atoms with van der Waals surface area (Å²) >= 11 is 0. The molecule has 0 radical (unpaired) electrons. The summed E-state index contributed by atoms with van der Waals surface area (Å²) in [6.07, 6.45) is 29.1. The Hall–Kier alpha value is -3.12. The van der Waals surface area contributed by atoms with Crippen LogP contribution in [0.1, 0.15) is 67.4 Å². The quantitative estimate of drug-likeness (QED) is 0.222. The predicted molar refractivity (Wildman–Crippen MR) is 186 cm³/mol. The third kappa shape index (κ3) is 6.23. The molecule has 41 heavy (non-hydrogen) atoms. The van der Waals surface area contributed by atoms with Gasteiger partial charge in [0.2, 0.25) is 0 Å². The van der Waals surface area contributed by atoms with Crippen LogP contribution in [0.25, 0.3) is 6.08 Å². The highest BCUT2D eigenvalue weighted by Crippen LogP contribution is 2.66. The van der Waals surface area contributed by atoms with Crippen molar-refractivity contribution in [2.45, 2.75) is 59.8 Å². The number of benzene rings is 1. The first-order valence-electron chi connectivity index (χ1n) is 15.8. The zero-order chi connectivity index (χ0) is 29.5. The normalized spacial score (nSPS) is 33.6. The molecule has 8 aliphatic rings. The van der Waals surface area contributed by atoms with Gasteiger partial charge in [0.25, 0.3) is 0 Å². The SMILES string of the molecule is C1=CCC=C1.C1=Cc2ccccc2C1.C=C.C=C.CC1=C(C)C2C=CC1C2.CC1=C(C)C2CC1C1C3C=CC(C3)C21.[2HH].[2HH]. The van der Waals surface area contributed by atoms with Crippen LogP contribution < -0.4 is 0 Å². The molecule has 0 N–H and O–H groups in total. The average Bonchev–Trinajstić information content (AvgIpc) is 3.88. The molecule has 0 heteroatoms. The molecule has 6 bridgehead atoms. The zero-order valence-corrected chi connectivity index (χ0v) is 26.1. The molecule has 0 saturated heterocycles. The summed E-state index contributed by atoms with van der Waals surface area (Å²) in [5, 5.41) is 0. The molecule has 1 aromatic carbocycles. The number of rotatable bonds is 0. The van der Waals surface area contributed by atoms with Gasteiger partial charge in [0.15, 0.2) is 0 Å². The first kappa shape index (κ1) is 30.8. The minimum atomic E-state index is 0. The first-order valence-corrected chi connectivity index (χ1v) is 15.8. The smallest absolute Gasteiger partial charge is 0 e. The maximum atomic E-state index is 3.00. The van der Waals surface area contributed by atoms with E-state index in [0.717, 1.165) is 60.2 Å². The summed E-state index contributed by atoms with van der Waals surface area (Å²) in [5.74, 6) is 7.61. The van der Waals surface area contributed by atoms with Crippen molar-refractivity contribution in [3.05, 3.63) is 139 Å². The van der Waals surface area contributed by atoms with Crippen molar-refractivity contribution in [1.29, 1.82) is 0 Å². The highest BCUT2D eigenvalue weighted by atomic mass is 14.6. The Morgan fingerprint density at radius 1 is 0.610 bits per heavy atom. The molecule has 0 aromatic heterocycles. The minimum absolute atomic E-state index is 0. The molecule has 2 saturated carbocycles. The fraction of sp³-hybridized carbons (Fsp3) is 0.415. The molecule has 8 aliphatic carbocycles. The third-order valence-electron chi connectivity index (χ3n) is 10.9. The van der Waals surface area contributed by atoms with Gasteiger partial charge in [-0.3, -0.25) is 0 Å². The molecule has 8 unspecified atom stereocenters. The van der Waals surface area contributed by atoms with E-state index in [9.17, 15) is 0 Å². The molecule has 8 atom stereocenters. The first-order chi connectivity index (χ1) is 20.0. The van der Waals surface area contributed by atoms with E-state index in [0.29, 0.717) is 0 Å². The largest absolute Gasteiger partial charge is 0.106 e. The van der Waals surface area contributed by atoms with E-state index in [1.54, 1.807) is 22.3 Å². The molecule has 0 nitrogen and oxygen atoms in total. The molecular weight excluding hydrogens is 492 g/mol. The topological polar surface area (TPSA) is 0 Å². The van der Waals surface area contributed by atoms with Crippen LogP contribution in [0.5, 0.6) is 0 Å². The maximum absolute atomic E-state index is 3.00. The molecule has 1 aromatic rings. The molecule has 0 aliphatic heterocycles. The van der Waals surface area contributed by atoms with E-state index >= 15 is 0 Å². The standard InChI is InChI=1S/C14H18.C9H12.C9H8.C5H6.2C2H4.2H2/c1-7-8(2)12-6-11(7)13-9-3-4-10(5-9)14(12)13;1-6-7(2)9-4-3-8(6)5-9;1-2-5-9-7-3-6-8(9)4-1;1-2-4-5-3-1;2*1-2;;/h3-4,9-14H,5-6H2,1-2H3;3-4,8-9H,5H2,1-2H3;1-6H,7H2;1-4H,5H2;2*1-2H2;2*1H/i;;;;;;2*1+1. The number of allylic oxidation sites excluding steroid dienone is 13. The van der Waals surface area contributed by atoms with Gasteiger partial charge in [0.1, 0.15) is 0 Å². The fourth-order valence-corrected chi connectivity index (χ4v) is 8.65. The van der Waals surface area contributed by atoms with Gasteiger partial charge >= 0.3 is 0 Å². The van der Waals surface area contributed by atoms with Crippen molar-refractivity contribution in [3.8, 4) is 0 Å². The summed E-state index contributed by atoms with van der Waals surface area (Å²) in [4.78, 5) is 0. The molecule has 220 valence electrons. The van der Waals surface area contributed by atoms with Gasteiger partial charge in [-0.15, -0.1) is 26.3 Å². The van der Waals surface area contributed by atoms with Crippen molar-refractivity contribution < 1.29 is 2.85 Å². The van der Waals surface area contributed by atoms with Crippen molar-refractivity contribution in [2.75, 3.05) is 0 Å². The summed E-state index contributed by atoms with van der Waals surface area (Å²) in [6.45, 7) is 21.3. The predicted octanol–water partition coefficient (Wildman–Crippen LogP) is 11.8. The maximum Gasteiger partial charge on any atom is 0 e. The fourth-order valence-electron chi connectivity index (χ4n) is 8.65. The lowest BCUT2D eigenvalue weighted by Crippen LogP contribution is -2.26. The van der Waals surface area contributed by atoms with E-state index in [2.05, 4.69) is 139 Å². The van der Waals surface area contributed by atoms with Crippen molar-refractivity contribution >= 4 is 6.08 Å².